The number of carbonyl (C=O) groups is 1. The first-order valence-electron chi connectivity index (χ1n) is 5.72. The molecular formula is C11H21NO4. The minimum atomic E-state index is -0.227. The van der Waals surface area contributed by atoms with Gasteiger partial charge in [-0.05, 0) is 18.8 Å². The van der Waals surface area contributed by atoms with Gasteiger partial charge in [-0.1, -0.05) is 0 Å². The summed E-state index contributed by atoms with van der Waals surface area (Å²) in [6.07, 6.45) is 2.62. The highest BCUT2D eigenvalue weighted by molar-refractivity contribution is 5.70. The molecule has 0 aromatic heterocycles. The van der Waals surface area contributed by atoms with Crippen molar-refractivity contribution in [1.29, 1.82) is 0 Å². The number of ether oxygens (including phenoxy) is 3. The summed E-state index contributed by atoms with van der Waals surface area (Å²) in [5.74, 6) is 0.306. The van der Waals surface area contributed by atoms with E-state index >= 15 is 0 Å². The molecule has 1 saturated carbocycles. The van der Waals surface area contributed by atoms with Crippen molar-refractivity contribution in [2.45, 2.75) is 25.3 Å². The topological polar surface area (TPSA) is 70.8 Å². The second-order valence-corrected chi connectivity index (χ2v) is 4.03. The van der Waals surface area contributed by atoms with Crippen molar-refractivity contribution in [3.8, 4) is 0 Å². The lowest BCUT2D eigenvalue weighted by Crippen LogP contribution is -2.27. The van der Waals surface area contributed by atoms with Crippen LogP contribution in [0.25, 0.3) is 0 Å². The van der Waals surface area contributed by atoms with Gasteiger partial charge >= 0.3 is 5.97 Å². The summed E-state index contributed by atoms with van der Waals surface area (Å²) in [5.41, 5.74) is 5.80. The number of esters is 1. The summed E-state index contributed by atoms with van der Waals surface area (Å²) >= 11 is 0. The molecule has 1 fully saturated rings. The highest BCUT2D eigenvalue weighted by Crippen LogP contribution is 2.32. The summed E-state index contributed by atoms with van der Waals surface area (Å²) in [6, 6.07) is -0.0260. The Kier molecular flexibility index (Phi) is 6.37. The average molecular weight is 231 g/mol. The zero-order chi connectivity index (χ0) is 11.8. The summed E-state index contributed by atoms with van der Waals surface area (Å²) in [7, 11) is 1.61. The van der Waals surface area contributed by atoms with Crippen LogP contribution in [0.5, 0.6) is 0 Å². The molecule has 5 nitrogen and oxygen atoms in total. The van der Waals surface area contributed by atoms with Crippen LogP contribution in [0, 0.1) is 5.92 Å². The molecular weight excluding hydrogens is 210 g/mol. The van der Waals surface area contributed by atoms with Gasteiger partial charge in [0, 0.05) is 13.2 Å². The first-order chi connectivity index (χ1) is 7.74. The van der Waals surface area contributed by atoms with E-state index in [0.29, 0.717) is 38.8 Å². The molecule has 0 aliphatic heterocycles. The lowest BCUT2D eigenvalue weighted by atomic mass is 10.1. The third-order valence-corrected chi connectivity index (χ3v) is 2.55. The van der Waals surface area contributed by atoms with Crippen LogP contribution in [0.3, 0.4) is 0 Å². The van der Waals surface area contributed by atoms with Crippen molar-refractivity contribution in [1.82, 2.24) is 0 Å². The van der Waals surface area contributed by atoms with Crippen LogP contribution >= 0.6 is 0 Å². The normalized spacial score (nSPS) is 17.1. The minimum Gasteiger partial charge on any atom is -0.463 e. The van der Waals surface area contributed by atoms with Crippen molar-refractivity contribution in [3.05, 3.63) is 0 Å². The Morgan fingerprint density at radius 2 is 2.00 bits per heavy atom. The standard InChI is InChI=1S/C11H21NO4/c1-14-4-5-15-6-7-16-11(13)8-10(12)9-2-3-9/h9-10H,2-8,12H2,1H3. The highest BCUT2D eigenvalue weighted by atomic mass is 16.6. The molecule has 0 aromatic rings. The molecule has 0 spiro atoms. The number of rotatable bonds is 9. The summed E-state index contributed by atoms with van der Waals surface area (Å²) in [5, 5.41) is 0. The molecule has 1 atom stereocenters. The molecule has 1 unspecified atom stereocenters. The first-order valence-corrected chi connectivity index (χ1v) is 5.72. The van der Waals surface area contributed by atoms with E-state index in [1.807, 2.05) is 0 Å². The van der Waals surface area contributed by atoms with E-state index in [-0.39, 0.29) is 12.0 Å². The second kappa shape index (κ2) is 7.60. The third-order valence-electron chi connectivity index (χ3n) is 2.55. The van der Waals surface area contributed by atoms with E-state index in [4.69, 9.17) is 19.9 Å². The Bertz CT molecular complexity index is 206. The fraction of sp³-hybridized carbons (Fsp3) is 0.909. The van der Waals surface area contributed by atoms with Gasteiger partial charge in [0.1, 0.15) is 6.61 Å². The van der Waals surface area contributed by atoms with Gasteiger partial charge in [0.2, 0.25) is 0 Å². The maximum Gasteiger partial charge on any atom is 0.307 e. The number of methoxy groups -OCH3 is 1. The Labute approximate surface area is 96.2 Å². The molecule has 0 heterocycles. The molecule has 5 heteroatoms. The number of carbonyl (C=O) groups excluding carboxylic acids is 1. The number of hydrogen-bond acceptors (Lipinski definition) is 5. The molecule has 1 aliphatic rings. The van der Waals surface area contributed by atoms with Crippen LogP contribution in [0.15, 0.2) is 0 Å². The van der Waals surface area contributed by atoms with Gasteiger partial charge in [-0.15, -0.1) is 0 Å². The lowest BCUT2D eigenvalue weighted by molar-refractivity contribution is -0.145. The largest absolute Gasteiger partial charge is 0.463 e. The van der Waals surface area contributed by atoms with Gasteiger partial charge in [0.25, 0.3) is 0 Å². The van der Waals surface area contributed by atoms with Gasteiger partial charge < -0.3 is 19.9 Å². The Morgan fingerprint density at radius 3 is 2.62 bits per heavy atom. The SMILES string of the molecule is COCCOCCOC(=O)CC(N)C1CC1. The van der Waals surface area contributed by atoms with Crippen LogP contribution in [0.1, 0.15) is 19.3 Å². The monoisotopic (exact) mass is 231 g/mol. The van der Waals surface area contributed by atoms with Crippen molar-refractivity contribution in [2.75, 3.05) is 33.5 Å². The van der Waals surface area contributed by atoms with Crippen LogP contribution < -0.4 is 5.73 Å². The Balaban J connectivity index is 1.89. The third kappa shape index (κ3) is 6.05. The lowest BCUT2D eigenvalue weighted by Gasteiger charge is -2.10. The number of hydrogen-bond donors (Lipinski definition) is 1. The van der Waals surface area contributed by atoms with Crippen molar-refractivity contribution < 1.29 is 19.0 Å². The molecule has 0 amide bonds. The second-order valence-electron chi connectivity index (χ2n) is 4.03. The quantitative estimate of drug-likeness (QED) is 0.457. The minimum absolute atomic E-state index is 0.0260. The van der Waals surface area contributed by atoms with Gasteiger partial charge in [0.05, 0.1) is 26.2 Å². The zero-order valence-electron chi connectivity index (χ0n) is 9.81. The zero-order valence-corrected chi connectivity index (χ0v) is 9.81. The predicted octanol–water partition coefficient (Wildman–Crippen LogP) is 0.320. The molecule has 0 bridgehead atoms. The molecule has 2 N–H and O–H groups in total. The van der Waals surface area contributed by atoms with Crippen molar-refractivity contribution in [3.63, 3.8) is 0 Å². The van der Waals surface area contributed by atoms with Gasteiger partial charge in [-0.25, -0.2) is 0 Å². The van der Waals surface area contributed by atoms with Crippen LogP contribution in [-0.2, 0) is 19.0 Å². The van der Waals surface area contributed by atoms with Gasteiger partial charge in [0.15, 0.2) is 0 Å². The van der Waals surface area contributed by atoms with E-state index in [9.17, 15) is 4.79 Å². The van der Waals surface area contributed by atoms with Gasteiger partial charge in [-0.2, -0.15) is 0 Å². The molecule has 1 rings (SSSR count). The van der Waals surface area contributed by atoms with E-state index in [1.54, 1.807) is 7.11 Å². The molecule has 16 heavy (non-hydrogen) atoms. The molecule has 0 saturated heterocycles. The van der Waals surface area contributed by atoms with E-state index in [0.717, 1.165) is 12.8 Å². The first kappa shape index (κ1) is 13.4. The fourth-order valence-corrected chi connectivity index (χ4v) is 1.40. The van der Waals surface area contributed by atoms with Crippen molar-refractivity contribution >= 4 is 5.97 Å². The number of nitrogens with two attached hydrogens (primary N) is 1. The van der Waals surface area contributed by atoms with Crippen molar-refractivity contribution in [2.24, 2.45) is 11.7 Å². The Morgan fingerprint density at radius 1 is 1.31 bits per heavy atom. The smallest absolute Gasteiger partial charge is 0.307 e. The van der Waals surface area contributed by atoms with E-state index < -0.39 is 0 Å². The molecule has 94 valence electrons. The van der Waals surface area contributed by atoms with Crippen LogP contribution in [-0.4, -0.2) is 45.5 Å². The summed E-state index contributed by atoms with van der Waals surface area (Å²) < 4.78 is 14.9. The fourth-order valence-electron chi connectivity index (χ4n) is 1.40. The van der Waals surface area contributed by atoms with Gasteiger partial charge in [-0.3, -0.25) is 4.79 Å². The average Bonchev–Trinajstić information content (AvgIpc) is 3.06. The highest BCUT2D eigenvalue weighted by Gasteiger charge is 2.30. The Hall–Kier alpha value is -0.650. The maximum atomic E-state index is 11.3. The van der Waals surface area contributed by atoms with Crippen LogP contribution in [0.4, 0.5) is 0 Å². The molecule has 1 aliphatic carbocycles. The van der Waals surface area contributed by atoms with Crippen LogP contribution in [0.2, 0.25) is 0 Å². The van der Waals surface area contributed by atoms with E-state index in [1.165, 1.54) is 0 Å². The summed E-state index contributed by atoms with van der Waals surface area (Å²) in [4.78, 5) is 11.3. The summed E-state index contributed by atoms with van der Waals surface area (Å²) in [6.45, 7) is 1.78. The maximum absolute atomic E-state index is 11.3. The van der Waals surface area contributed by atoms with E-state index in [2.05, 4.69) is 0 Å². The predicted molar refractivity (Wildman–Crippen MR) is 59.0 cm³/mol. The molecule has 0 radical (unpaired) electrons. The molecule has 0 aromatic carbocycles.